The van der Waals surface area contributed by atoms with Crippen molar-refractivity contribution in [2.24, 2.45) is 5.92 Å². The SMILES string of the molecule is CC1(C)c2ccccc2-c2cc(N(c3ccc4c(c3)C(C)(C)c3ccccc3-4)c3c4ccccc4c(N(c4ccc5c(c4)C(C)(C)c4ccccc4-5)c4ccc5c(c4)C(C)(C)C4C=CC=CC54)c4ccccc34)ccc21. The molecule has 368 valence electrons. The van der Waals surface area contributed by atoms with Crippen LogP contribution in [0.5, 0.6) is 0 Å². The lowest BCUT2D eigenvalue weighted by Gasteiger charge is -2.34. The van der Waals surface area contributed by atoms with E-state index in [1.807, 2.05) is 0 Å². The molecule has 0 amide bonds. The standard InChI is InChI=1S/C74H62N2/c1-71(2)64-32-20-16-24-52(64)60-41-45(36-40-65(60)71)75(46-33-37-53-49-21-13-17-29-61(49)72(3,4)66(53)42-46)69-56-25-9-11-27-58(56)70(59-28-12-10-26-57(59)69)76(47-34-38-54-50-22-14-18-30-62(50)73(5,6)67(54)43-47)48-35-39-55-51-23-15-19-31-63(51)74(7,8)68(55)44-48/h9-44,50,62H,1-8H3. The smallest absolute Gasteiger partial charge is 0.0619 e. The van der Waals surface area contributed by atoms with Crippen LogP contribution in [0.1, 0.15) is 106 Å². The van der Waals surface area contributed by atoms with Crippen molar-refractivity contribution in [3.63, 3.8) is 0 Å². The summed E-state index contributed by atoms with van der Waals surface area (Å²) < 4.78 is 0. The summed E-state index contributed by atoms with van der Waals surface area (Å²) in [5, 5.41) is 4.79. The molecule has 15 rings (SSSR count). The number of hydrogen-bond acceptors (Lipinski definition) is 2. The summed E-state index contributed by atoms with van der Waals surface area (Å²) in [7, 11) is 0. The lowest BCUT2D eigenvalue weighted by molar-refractivity contribution is 0.394. The minimum Gasteiger partial charge on any atom is -0.309 e. The first kappa shape index (κ1) is 45.2. The van der Waals surface area contributed by atoms with Gasteiger partial charge in [-0.15, -0.1) is 0 Å². The van der Waals surface area contributed by atoms with Gasteiger partial charge in [-0.25, -0.2) is 0 Å². The second-order valence-electron chi connectivity index (χ2n) is 24.5. The van der Waals surface area contributed by atoms with Crippen molar-refractivity contribution in [1.29, 1.82) is 0 Å². The molecule has 0 bridgehead atoms. The van der Waals surface area contributed by atoms with Crippen LogP contribution in [0.25, 0.3) is 54.9 Å². The maximum absolute atomic E-state index is 2.62. The summed E-state index contributed by atoms with van der Waals surface area (Å²) in [5.74, 6) is 0.765. The Balaban J connectivity index is 1.02. The van der Waals surface area contributed by atoms with E-state index in [1.165, 1.54) is 116 Å². The summed E-state index contributed by atoms with van der Waals surface area (Å²) in [5.41, 5.74) is 25.5. The van der Waals surface area contributed by atoms with E-state index in [9.17, 15) is 0 Å². The quantitative estimate of drug-likeness (QED) is 0.121. The van der Waals surface area contributed by atoms with Gasteiger partial charge < -0.3 is 9.80 Å². The second kappa shape index (κ2) is 15.7. The van der Waals surface area contributed by atoms with E-state index >= 15 is 0 Å². The van der Waals surface area contributed by atoms with Crippen molar-refractivity contribution in [3.8, 4) is 33.4 Å². The highest BCUT2D eigenvalue weighted by molar-refractivity contribution is 6.23. The topological polar surface area (TPSA) is 6.48 Å². The highest BCUT2D eigenvalue weighted by atomic mass is 15.2. The lowest BCUT2D eigenvalue weighted by Crippen LogP contribution is -2.24. The van der Waals surface area contributed by atoms with Gasteiger partial charge in [-0.05, 0) is 138 Å². The largest absolute Gasteiger partial charge is 0.309 e. The molecule has 5 aliphatic rings. The van der Waals surface area contributed by atoms with Gasteiger partial charge in [0.25, 0.3) is 0 Å². The number of rotatable bonds is 6. The Kier molecular flexibility index (Phi) is 9.33. The minimum atomic E-state index is -0.177. The summed E-state index contributed by atoms with van der Waals surface area (Å²) in [6.07, 6.45) is 9.35. The predicted molar refractivity (Wildman–Crippen MR) is 321 cm³/mol. The number of hydrogen-bond donors (Lipinski definition) is 0. The molecule has 0 radical (unpaired) electrons. The van der Waals surface area contributed by atoms with Gasteiger partial charge in [-0.1, -0.05) is 225 Å². The predicted octanol–water partition coefficient (Wildman–Crippen LogP) is 20.0. The molecule has 0 spiro atoms. The first-order chi connectivity index (χ1) is 36.7. The number of nitrogens with zero attached hydrogens (tertiary/aromatic N) is 2. The molecule has 0 N–H and O–H groups in total. The van der Waals surface area contributed by atoms with Gasteiger partial charge in [0.1, 0.15) is 0 Å². The Labute approximate surface area is 448 Å². The highest BCUT2D eigenvalue weighted by Gasteiger charge is 2.45. The molecule has 0 aromatic heterocycles. The third-order valence-corrected chi connectivity index (χ3v) is 19.1. The normalized spacial score (nSPS) is 18.6. The van der Waals surface area contributed by atoms with Crippen molar-refractivity contribution in [2.75, 3.05) is 9.80 Å². The van der Waals surface area contributed by atoms with Gasteiger partial charge in [0.15, 0.2) is 0 Å². The molecule has 5 aliphatic carbocycles. The fourth-order valence-corrected chi connectivity index (χ4v) is 15.2. The minimum absolute atomic E-state index is 0.0591. The van der Waals surface area contributed by atoms with Crippen LogP contribution in [-0.2, 0) is 21.7 Å². The Morgan fingerprint density at radius 3 is 1.16 bits per heavy atom. The van der Waals surface area contributed by atoms with Gasteiger partial charge in [0.05, 0.1) is 11.4 Å². The van der Waals surface area contributed by atoms with E-state index < -0.39 is 0 Å². The summed E-state index contributed by atoms with van der Waals surface area (Å²) in [6.45, 7) is 19.3. The lowest BCUT2D eigenvalue weighted by atomic mass is 9.74. The maximum atomic E-state index is 2.62. The van der Waals surface area contributed by atoms with Crippen molar-refractivity contribution in [3.05, 3.63) is 263 Å². The average Bonchev–Trinajstić information content (AvgIpc) is 4.05. The summed E-state index contributed by atoms with van der Waals surface area (Å²) >= 11 is 0. The highest BCUT2D eigenvalue weighted by Crippen LogP contribution is 2.59. The number of benzene rings is 10. The first-order valence-corrected chi connectivity index (χ1v) is 27.5. The van der Waals surface area contributed by atoms with Gasteiger partial charge in [0.2, 0.25) is 0 Å². The number of anilines is 6. The summed E-state index contributed by atoms with van der Waals surface area (Å²) in [4.78, 5) is 5.22. The van der Waals surface area contributed by atoms with Crippen LogP contribution in [-0.4, -0.2) is 0 Å². The zero-order valence-electron chi connectivity index (χ0n) is 44.8. The van der Waals surface area contributed by atoms with Crippen LogP contribution >= 0.6 is 0 Å². The molecule has 76 heavy (non-hydrogen) atoms. The molecule has 0 aliphatic heterocycles. The van der Waals surface area contributed by atoms with Crippen molar-refractivity contribution < 1.29 is 0 Å². The molecule has 10 aromatic carbocycles. The fourth-order valence-electron chi connectivity index (χ4n) is 15.2. The Morgan fingerprint density at radius 1 is 0.303 bits per heavy atom. The number of allylic oxidation sites excluding steroid dienone is 4. The van der Waals surface area contributed by atoms with E-state index in [4.69, 9.17) is 0 Å². The van der Waals surface area contributed by atoms with Crippen LogP contribution in [0, 0.1) is 5.92 Å². The Bertz CT molecular complexity index is 4150. The molecule has 0 saturated heterocycles. The molecule has 2 heteroatoms. The molecular formula is C74H62N2. The van der Waals surface area contributed by atoms with Gasteiger partial charge >= 0.3 is 0 Å². The van der Waals surface area contributed by atoms with E-state index in [1.54, 1.807) is 0 Å². The zero-order chi connectivity index (χ0) is 51.6. The molecule has 2 nitrogen and oxygen atoms in total. The first-order valence-electron chi connectivity index (χ1n) is 27.5. The van der Waals surface area contributed by atoms with Crippen LogP contribution < -0.4 is 9.80 Å². The Hall–Kier alpha value is -8.20. The molecule has 10 aromatic rings. The Morgan fingerprint density at radius 2 is 0.658 bits per heavy atom. The van der Waals surface area contributed by atoms with Crippen molar-refractivity contribution >= 4 is 55.7 Å². The average molecular weight is 979 g/mol. The van der Waals surface area contributed by atoms with Gasteiger partial charge in [0, 0.05) is 66.5 Å². The van der Waals surface area contributed by atoms with E-state index in [2.05, 4.69) is 284 Å². The molecule has 0 fully saturated rings. The molecular weight excluding hydrogens is 917 g/mol. The maximum Gasteiger partial charge on any atom is 0.0619 e. The van der Waals surface area contributed by atoms with Crippen molar-refractivity contribution in [2.45, 2.75) is 83.0 Å². The van der Waals surface area contributed by atoms with E-state index in [0.717, 1.165) is 17.1 Å². The zero-order valence-corrected chi connectivity index (χ0v) is 44.8. The van der Waals surface area contributed by atoms with Crippen LogP contribution in [0.15, 0.2) is 218 Å². The van der Waals surface area contributed by atoms with E-state index in [0.29, 0.717) is 11.8 Å². The molecule has 2 unspecified atom stereocenters. The van der Waals surface area contributed by atoms with Crippen LogP contribution in [0.3, 0.4) is 0 Å². The third-order valence-electron chi connectivity index (χ3n) is 19.1. The van der Waals surface area contributed by atoms with Crippen molar-refractivity contribution in [1.82, 2.24) is 0 Å². The van der Waals surface area contributed by atoms with Crippen LogP contribution in [0.4, 0.5) is 34.1 Å². The molecule has 0 heterocycles. The number of fused-ring (bicyclic) bond motifs is 14. The second-order valence-corrected chi connectivity index (χ2v) is 24.5. The molecule has 0 saturated carbocycles. The monoisotopic (exact) mass is 978 g/mol. The molecule has 2 atom stereocenters. The third kappa shape index (κ3) is 6.04. The van der Waals surface area contributed by atoms with Gasteiger partial charge in [-0.2, -0.15) is 0 Å². The fraction of sp³-hybridized carbons (Fsp3) is 0.189. The summed E-state index contributed by atoms with van der Waals surface area (Å²) in [6, 6.07) is 74.8. The van der Waals surface area contributed by atoms with Crippen LogP contribution in [0.2, 0.25) is 0 Å². The van der Waals surface area contributed by atoms with Gasteiger partial charge in [-0.3, -0.25) is 0 Å². The van der Waals surface area contributed by atoms with E-state index in [-0.39, 0.29) is 21.7 Å².